The monoisotopic (exact) mass is 480 g/mol. The Balaban J connectivity index is 1.59. The lowest BCUT2D eigenvalue weighted by molar-refractivity contribution is -0.280. The summed E-state index contributed by atoms with van der Waals surface area (Å²) in [5, 5.41) is 65.5. The number of hydrogen-bond acceptors (Lipinski definition) is 6. The zero-order valence-corrected chi connectivity index (χ0v) is 21.5. The van der Waals surface area contributed by atoms with Crippen molar-refractivity contribution in [1.29, 1.82) is 0 Å². The van der Waals surface area contributed by atoms with E-state index < -0.39 is 41.3 Å². The largest absolute Gasteiger partial charge is 0.396 e. The van der Waals surface area contributed by atoms with E-state index in [9.17, 15) is 30.6 Å². The highest BCUT2D eigenvalue weighted by Crippen LogP contribution is 2.69. The minimum atomic E-state index is -1.19. The van der Waals surface area contributed by atoms with Gasteiger partial charge in [-0.05, 0) is 79.4 Å². The Labute approximate surface area is 205 Å². The molecule has 0 aromatic carbocycles. The van der Waals surface area contributed by atoms with Crippen molar-refractivity contribution in [3.05, 3.63) is 12.2 Å². The van der Waals surface area contributed by atoms with Gasteiger partial charge in [-0.1, -0.05) is 39.8 Å². The van der Waals surface area contributed by atoms with Crippen molar-refractivity contribution in [3.8, 4) is 0 Å². The first-order valence-corrected chi connectivity index (χ1v) is 13.5. The molecule has 0 bridgehead atoms. The first-order chi connectivity index (χ1) is 15.8. The van der Waals surface area contributed by atoms with Gasteiger partial charge in [-0.25, -0.2) is 0 Å². The molecule has 34 heavy (non-hydrogen) atoms. The average Bonchev–Trinajstić information content (AvgIpc) is 3.05. The second kappa shape index (κ2) is 9.11. The fraction of sp³-hybridized carbons (Fsp3) is 0.929. The first kappa shape index (κ1) is 26.6. The maximum Gasteiger partial charge on any atom is 0.0857 e. The molecule has 0 amide bonds. The second-order valence-electron chi connectivity index (χ2n) is 13.1. The number of fused-ring (bicyclic) bond motifs is 5. The highest BCUT2D eigenvalue weighted by Gasteiger charge is 2.71. The van der Waals surface area contributed by atoms with Gasteiger partial charge in [0.25, 0.3) is 0 Å². The molecule has 6 nitrogen and oxygen atoms in total. The van der Waals surface area contributed by atoms with E-state index in [0.717, 1.165) is 31.3 Å². The van der Waals surface area contributed by atoms with Crippen LogP contribution in [0.4, 0.5) is 0 Å². The molecule has 0 aliphatic heterocycles. The third-order valence-corrected chi connectivity index (χ3v) is 11.4. The molecule has 13 atom stereocenters. The number of rotatable bonds is 6. The Hall–Kier alpha value is -0.500. The van der Waals surface area contributed by atoms with Crippen LogP contribution in [0.1, 0.15) is 79.1 Å². The number of aliphatic hydroxyl groups is 6. The lowest BCUT2D eigenvalue weighted by atomic mass is 9.41. The van der Waals surface area contributed by atoms with Crippen LogP contribution in [0.5, 0.6) is 0 Å². The minimum absolute atomic E-state index is 0.0858. The molecule has 6 N–H and O–H groups in total. The van der Waals surface area contributed by atoms with Gasteiger partial charge in [-0.2, -0.15) is 0 Å². The maximum absolute atomic E-state index is 12.3. The van der Waals surface area contributed by atoms with Crippen molar-refractivity contribution in [2.45, 2.75) is 109 Å². The lowest BCUT2D eigenvalue weighted by Crippen LogP contribution is -2.70. The summed E-state index contributed by atoms with van der Waals surface area (Å²) < 4.78 is 0. The SMILES string of the molecule is C=C(CC[C@@H](C)[C@H]1C[C@@H](O)[C@@H]2[C@]1(C)CC[C@H]1[C@@]2(O)C[C@H](O)C2[C@@H](O)[C@@H](O)CC[C@@]21C)[C@H](C)CO. The topological polar surface area (TPSA) is 121 Å². The Kier molecular flexibility index (Phi) is 7.12. The van der Waals surface area contributed by atoms with E-state index in [0.29, 0.717) is 25.2 Å². The molecule has 6 heteroatoms. The van der Waals surface area contributed by atoms with Gasteiger partial charge in [0.05, 0.1) is 30.0 Å². The summed E-state index contributed by atoms with van der Waals surface area (Å²) in [6.07, 6.45) is 2.05. The summed E-state index contributed by atoms with van der Waals surface area (Å²) in [6, 6.07) is 0. The minimum Gasteiger partial charge on any atom is -0.396 e. The molecule has 0 heterocycles. The van der Waals surface area contributed by atoms with Gasteiger partial charge in [0, 0.05) is 24.9 Å². The van der Waals surface area contributed by atoms with E-state index in [4.69, 9.17) is 0 Å². The molecule has 196 valence electrons. The van der Waals surface area contributed by atoms with Crippen LogP contribution >= 0.6 is 0 Å². The molecule has 4 saturated carbocycles. The molecule has 0 spiro atoms. The summed E-state index contributed by atoms with van der Waals surface area (Å²) in [6.45, 7) is 12.8. The van der Waals surface area contributed by atoms with Crippen molar-refractivity contribution >= 4 is 0 Å². The second-order valence-corrected chi connectivity index (χ2v) is 13.1. The standard InChI is InChI=1S/C28H48O6/c1-15(17(3)14-29)6-7-16(2)18-12-20(31)25-26(18,4)11-9-22-27(5)10-8-19(30)24(33)23(27)21(32)13-28(22,25)34/h16-25,29-34H,1,6-14H2,2-5H3/t16-,17-,18-,19+,20-,21+,22-,23?,24+,25-,26-,27-,28+/m1/s1. The maximum atomic E-state index is 12.3. The van der Waals surface area contributed by atoms with Crippen molar-refractivity contribution in [2.75, 3.05) is 6.61 Å². The van der Waals surface area contributed by atoms with Gasteiger partial charge in [0.2, 0.25) is 0 Å². The van der Waals surface area contributed by atoms with Gasteiger partial charge >= 0.3 is 0 Å². The zero-order chi connectivity index (χ0) is 25.2. The molecule has 4 fully saturated rings. The van der Waals surface area contributed by atoms with Crippen LogP contribution in [0.2, 0.25) is 0 Å². The smallest absolute Gasteiger partial charge is 0.0857 e. The van der Waals surface area contributed by atoms with Crippen molar-refractivity contribution in [3.63, 3.8) is 0 Å². The summed E-state index contributed by atoms with van der Waals surface area (Å²) in [5.41, 5.74) is -0.843. The van der Waals surface area contributed by atoms with Gasteiger partial charge in [-0.3, -0.25) is 0 Å². The molecule has 0 saturated heterocycles. The van der Waals surface area contributed by atoms with Crippen molar-refractivity contribution in [2.24, 2.45) is 46.3 Å². The number of aliphatic hydroxyl groups excluding tert-OH is 5. The molecule has 4 rings (SSSR count). The molecule has 0 aromatic rings. The number of hydrogen-bond donors (Lipinski definition) is 6. The first-order valence-electron chi connectivity index (χ1n) is 13.5. The fourth-order valence-corrected chi connectivity index (χ4v) is 9.51. The zero-order valence-electron chi connectivity index (χ0n) is 21.5. The van der Waals surface area contributed by atoms with Crippen LogP contribution < -0.4 is 0 Å². The van der Waals surface area contributed by atoms with Crippen LogP contribution in [0, 0.1) is 46.3 Å². The third-order valence-electron chi connectivity index (χ3n) is 11.4. The molecular weight excluding hydrogens is 432 g/mol. The van der Waals surface area contributed by atoms with Crippen molar-refractivity contribution < 1.29 is 30.6 Å². The molecule has 4 aliphatic rings. The molecule has 4 aliphatic carbocycles. The van der Waals surface area contributed by atoms with Crippen LogP contribution in [0.15, 0.2) is 12.2 Å². The molecule has 0 aromatic heterocycles. The highest BCUT2D eigenvalue weighted by atomic mass is 16.3. The summed E-state index contributed by atoms with van der Waals surface area (Å²) in [4.78, 5) is 0. The summed E-state index contributed by atoms with van der Waals surface area (Å²) in [5.74, 6) is -0.210. The van der Waals surface area contributed by atoms with Crippen LogP contribution in [-0.2, 0) is 0 Å². The predicted octanol–water partition coefficient (Wildman–Crippen LogP) is 2.63. The van der Waals surface area contributed by atoms with Crippen LogP contribution in [0.25, 0.3) is 0 Å². The van der Waals surface area contributed by atoms with Crippen LogP contribution in [-0.4, -0.2) is 67.3 Å². The van der Waals surface area contributed by atoms with E-state index >= 15 is 0 Å². The van der Waals surface area contributed by atoms with Gasteiger partial charge in [0.1, 0.15) is 0 Å². The Morgan fingerprint density at radius 1 is 0.971 bits per heavy atom. The van der Waals surface area contributed by atoms with E-state index in [1.54, 1.807) is 0 Å². The average molecular weight is 481 g/mol. The fourth-order valence-electron chi connectivity index (χ4n) is 9.51. The molecule has 1 unspecified atom stereocenters. The quantitative estimate of drug-likeness (QED) is 0.325. The van der Waals surface area contributed by atoms with Crippen molar-refractivity contribution in [1.82, 2.24) is 0 Å². The molecular formula is C28H48O6. The van der Waals surface area contributed by atoms with Gasteiger partial charge < -0.3 is 30.6 Å². The summed E-state index contributed by atoms with van der Waals surface area (Å²) in [7, 11) is 0. The van der Waals surface area contributed by atoms with E-state index in [-0.39, 0.29) is 42.1 Å². The Morgan fingerprint density at radius 3 is 2.26 bits per heavy atom. The van der Waals surface area contributed by atoms with Gasteiger partial charge in [-0.15, -0.1) is 0 Å². The third kappa shape index (κ3) is 3.83. The normalized spacial score (nSPS) is 52.3. The molecule has 0 radical (unpaired) electrons. The summed E-state index contributed by atoms with van der Waals surface area (Å²) >= 11 is 0. The van der Waals surface area contributed by atoms with Gasteiger partial charge in [0.15, 0.2) is 0 Å². The predicted molar refractivity (Wildman–Crippen MR) is 131 cm³/mol. The Morgan fingerprint density at radius 2 is 1.62 bits per heavy atom. The van der Waals surface area contributed by atoms with E-state index in [2.05, 4.69) is 27.4 Å². The van der Waals surface area contributed by atoms with Crippen LogP contribution in [0.3, 0.4) is 0 Å². The van der Waals surface area contributed by atoms with E-state index in [1.807, 2.05) is 6.92 Å². The Bertz CT molecular complexity index is 772. The highest BCUT2D eigenvalue weighted by molar-refractivity contribution is 5.21. The lowest BCUT2D eigenvalue weighted by Gasteiger charge is -2.66. The van der Waals surface area contributed by atoms with E-state index in [1.165, 1.54) is 0 Å².